The summed E-state index contributed by atoms with van der Waals surface area (Å²) in [6.45, 7) is 2.43. The van der Waals surface area contributed by atoms with Crippen molar-refractivity contribution in [3.63, 3.8) is 0 Å². The lowest BCUT2D eigenvalue weighted by molar-refractivity contribution is 0.0555. The minimum Gasteiger partial charge on any atom is -0.381 e. The average molecular weight is 269 g/mol. The zero-order valence-electron chi connectivity index (χ0n) is 9.52. The molecule has 17 heavy (non-hydrogen) atoms. The number of rotatable bonds is 2. The van der Waals surface area contributed by atoms with Crippen molar-refractivity contribution < 1.29 is 4.74 Å². The highest BCUT2D eigenvalue weighted by Gasteiger charge is 2.38. The van der Waals surface area contributed by atoms with Crippen molar-refractivity contribution in [2.24, 2.45) is 4.99 Å². The predicted octanol–water partition coefficient (Wildman–Crippen LogP) is 1.88. The van der Waals surface area contributed by atoms with E-state index in [4.69, 9.17) is 4.74 Å². The van der Waals surface area contributed by atoms with Gasteiger partial charge in [-0.3, -0.25) is 4.99 Å². The van der Waals surface area contributed by atoms with E-state index in [1.807, 2.05) is 23.3 Å². The standard InChI is InChI=1S/C11H15N3OS2/c1-4-15-5-2-11(1)8-17-10(14-11)13-7-9-12-3-6-16-9/h3,6H,1-2,4-5,7-8H2,(H,13,14). The summed E-state index contributed by atoms with van der Waals surface area (Å²) in [6.07, 6.45) is 4.02. The molecule has 92 valence electrons. The van der Waals surface area contributed by atoms with E-state index < -0.39 is 0 Å². The highest BCUT2D eigenvalue weighted by molar-refractivity contribution is 8.14. The molecule has 1 aromatic heterocycles. The van der Waals surface area contributed by atoms with E-state index in [2.05, 4.69) is 15.3 Å². The molecular weight excluding hydrogens is 254 g/mol. The molecule has 0 unspecified atom stereocenters. The van der Waals surface area contributed by atoms with Crippen LogP contribution in [-0.4, -0.2) is 34.7 Å². The molecule has 4 nitrogen and oxygen atoms in total. The number of thiazole rings is 1. The van der Waals surface area contributed by atoms with E-state index in [1.54, 1.807) is 11.3 Å². The molecular formula is C11H15N3OS2. The van der Waals surface area contributed by atoms with Gasteiger partial charge in [-0.25, -0.2) is 4.98 Å². The first kappa shape index (κ1) is 11.5. The van der Waals surface area contributed by atoms with Gasteiger partial charge in [0, 0.05) is 30.5 Å². The molecule has 0 saturated carbocycles. The van der Waals surface area contributed by atoms with Gasteiger partial charge in [0.05, 0.1) is 12.1 Å². The number of nitrogens with zero attached hydrogens (tertiary/aromatic N) is 2. The first-order valence-corrected chi connectivity index (χ1v) is 7.64. The molecule has 0 atom stereocenters. The molecule has 0 bridgehead atoms. The van der Waals surface area contributed by atoms with Gasteiger partial charge in [0.2, 0.25) is 0 Å². The summed E-state index contributed by atoms with van der Waals surface area (Å²) in [5.41, 5.74) is 0.241. The average Bonchev–Trinajstić information content (AvgIpc) is 2.98. The van der Waals surface area contributed by atoms with Gasteiger partial charge < -0.3 is 10.1 Å². The van der Waals surface area contributed by atoms with E-state index >= 15 is 0 Å². The molecule has 0 radical (unpaired) electrons. The van der Waals surface area contributed by atoms with Crippen LogP contribution in [0.1, 0.15) is 17.8 Å². The SMILES string of the molecule is c1csc(CN=C2NC3(CCOCC3)CS2)n1. The van der Waals surface area contributed by atoms with Crippen LogP contribution in [0.2, 0.25) is 0 Å². The lowest BCUT2D eigenvalue weighted by Crippen LogP contribution is -2.48. The first-order valence-electron chi connectivity index (χ1n) is 5.78. The Morgan fingerprint density at radius 2 is 2.35 bits per heavy atom. The van der Waals surface area contributed by atoms with E-state index in [9.17, 15) is 0 Å². The molecule has 2 fully saturated rings. The molecule has 1 N–H and O–H groups in total. The zero-order valence-corrected chi connectivity index (χ0v) is 11.1. The molecule has 1 aromatic rings. The summed E-state index contributed by atoms with van der Waals surface area (Å²) in [6, 6.07) is 0. The fourth-order valence-electron chi connectivity index (χ4n) is 2.09. The van der Waals surface area contributed by atoms with E-state index in [0.717, 1.165) is 42.0 Å². The first-order chi connectivity index (χ1) is 8.36. The normalized spacial score (nSPS) is 25.3. The highest BCUT2D eigenvalue weighted by Crippen LogP contribution is 2.31. The number of hydrogen-bond donors (Lipinski definition) is 1. The summed E-state index contributed by atoms with van der Waals surface area (Å²) in [4.78, 5) is 8.83. The number of aliphatic imine (C=N–C) groups is 1. The van der Waals surface area contributed by atoms with E-state index in [0.29, 0.717) is 6.54 Å². The Balaban J connectivity index is 1.61. The molecule has 2 saturated heterocycles. The molecule has 0 aromatic carbocycles. The third kappa shape index (κ3) is 2.64. The summed E-state index contributed by atoms with van der Waals surface area (Å²) < 4.78 is 5.41. The number of thioether (sulfide) groups is 1. The van der Waals surface area contributed by atoms with E-state index in [-0.39, 0.29) is 5.54 Å². The predicted molar refractivity (Wildman–Crippen MR) is 71.6 cm³/mol. The molecule has 0 amide bonds. The maximum absolute atomic E-state index is 5.41. The van der Waals surface area contributed by atoms with Crippen LogP contribution in [-0.2, 0) is 11.3 Å². The topological polar surface area (TPSA) is 46.5 Å². The van der Waals surface area contributed by atoms with Gasteiger partial charge in [-0.05, 0) is 12.8 Å². The molecule has 3 heterocycles. The maximum atomic E-state index is 5.41. The van der Waals surface area contributed by atoms with Crippen molar-refractivity contribution in [3.05, 3.63) is 16.6 Å². The fourth-order valence-corrected chi connectivity index (χ4v) is 3.85. The second kappa shape index (κ2) is 4.96. The maximum Gasteiger partial charge on any atom is 0.157 e. The largest absolute Gasteiger partial charge is 0.381 e. The molecule has 2 aliphatic rings. The van der Waals surface area contributed by atoms with Crippen LogP contribution in [0.25, 0.3) is 0 Å². The summed E-state index contributed by atoms with van der Waals surface area (Å²) >= 11 is 3.49. The minimum absolute atomic E-state index is 0.241. The zero-order chi connectivity index (χ0) is 11.6. The van der Waals surface area contributed by atoms with Gasteiger partial charge in [-0.1, -0.05) is 11.8 Å². The molecule has 3 rings (SSSR count). The lowest BCUT2D eigenvalue weighted by atomic mass is 9.93. The quantitative estimate of drug-likeness (QED) is 0.890. The van der Waals surface area contributed by atoms with Crippen molar-refractivity contribution in [1.29, 1.82) is 0 Å². The van der Waals surface area contributed by atoms with Crippen LogP contribution in [0.15, 0.2) is 16.6 Å². The Morgan fingerprint density at radius 1 is 1.47 bits per heavy atom. The third-order valence-corrected chi connectivity index (χ3v) is 5.11. The van der Waals surface area contributed by atoms with Crippen molar-refractivity contribution in [2.45, 2.75) is 24.9 Å². The van der Waals surface area contributed by atoms with Crippen molar-refractivity contribution in [3.8, 4) is 0 Å². The van der Waals surface area contributed by atoms with E-state index in [1.165, 1.54) is 0 Å². The molecule has 1 spiro atoms. The summed E-state index contributed by atoms with van der Waals surface area (Å²) in [5.74, 6) is 1.12. The second-order valence-corrected chi connectivity index (χ2v) is 6.30. The van der Waals surface area contributed by atoms with Crippen LogP contribution in [0.5, 0.6) is 0 Å². The molecule has 2 aliphatic heterocycles. The number of ether oxygens (including phenoxy) is 1. The van der Waals surface area contributed by atoms with Gasteiger partial charge in [-0.15, -0.1) is 11.3 Å². The number of hydrogen-bond acceptors (Lipinski definition) is 5. The Morgan fingerprint density at radius 3 is 3.12 bits per heavy atom. The number of amidine groups is 1. The van der Waals surface area contributed by atoms with Gasteiger partial charge in [0.25, 0.3) is 0 Å². The molecule has 6 heteroatoms. The third-order valence-electron chi connectivity index (χ3n) is 3.15. The van der Waals surface area contributed by atoms with Gasteiger partial charge in [-0.2, -0.15) is 0 Å². The van der Waals surface area contributed by atoms with Crippen LogP contribution in [0.4, 0.5) is 0 Å². The number of nitrogens with one attached hydrogen (secondary N) is 1. The Labute approximate surface area is 109 Å². The van der Waals surface area contributed by atoms with Gasteiger partial charge in [0.15, 0.2) is 5.17 Å². The lowest BCUT2D eigenvalue weighted by Gasteiger charge is -2.32. The van der Waals surface area contributed by atoms with Crippen LogP contribution >= 0.6 is 23.1 Å². The van der Waals surface area contributed by atoms with Crippen LogP contribution in [0.3, 0.4) is 0 Å². The Hall–Kier alpha value is -0.590. The van der Waals surface area contributed by atoms with Gasteiger partial charge >= 0.3 is 0 Å². The minimum atomic E-state index is 0.241. The monoisotopic (exact) mass is 269 g/mol. The molecule has 0 aliphatic carbocycles. The fraction of sp³-hybridized carbons (Fsp3) is 0.636. The Kier molecular flexibility index (Phi) is 3.35. The van der Waals surface area contributed by atoms with Crippen LogP contribution < -0.4 is 5.32 Å². The van der Waals surface area contributed by atoms with Gasteiger partial charge in [0.1, 0.15) is 5.01 Å². The van der Waals surface area contributed by atoms with Crippen molar-refractivity contribution in [2.75, 3.05) is 19.0 Å². The smallest absolute Gasteiger partial charge is 0.157 e. The number of aromatic nitrogens is 1. The second-order valence-electron chi connectivity index (χ2n) is 4.35. The highest BCUT2D eigenvalue weighted by atomic mass is 32.2. The van der Waals surface area contributed by atoms with Crippen molar-refractivity contribution >= 4 is 28.3 Å². The Bertz CT molecular complexity index is 399. The summed E-state index contributed by atoms with van der Waals surface area (Å²) in [5, 5.41) is 7.72. The van der Waals surface area contributed by atoms with Crippen molar-refractivity contribution in [1.82, 2.24) is 10.3 Å². The van der Waals surface area contributed by atoms with Crippen LogP contribution in [0, 0.1) is 0 Å². The summed E-state index contributed by atoms with van der Waals surface area (Å²) in [7, 11) is 0.